The normalized spacial score (nSPS) is 10.2. The van der Waals surface area contributed by atoms with Gasteiger partial charge in [-0.15, -0.1) is 0 Å². The number of phenolic OH excluding ortho intramolecular Hbond substituents is 1. The van der Waals surface area contributed by atoms with E-state index >= 15 is 0 Å². The van der Waals surface area contributed by atoms with Crippen molar-refractivity contribution >= 4 is 21.7 Å². The number of rotatable bonds is 4. The van der Waals surface area contributed by atoms with Gasteiger partial charge in [-0.1, -0.05) is 0 Å². The number of ether oxygens (including phenoxy) is 1. The van der Waals surface area contributed by atoms with E-state index < -0.39 is 11.6 Å². The zero-order valence-corrected chi connectivity index (χ0v) is 10.4. The Balaban J connectivity index is 3.36. The summed E-state index contributed by atoms with van der Waals surface area (Å²) in [5.74, 6) is -1.97. The first-order valence-corrected chi connectivity index (χ1v) is 5.25. The molecule has 0 aliphatic carbocycles. The van der Waals surface area contributed by atoms with Crippen LogP contribution in [0.3, 0.4) is 0 Å². The zero-order chi connectivity index (χ0) is 12.3. The Hall–Kier alpha value is -1.14. The summed E-state index contributed by atoms with van der Waals surface area (Å²) in [4.78, 5) is 11.7. The summed E-state index contributed by atoms with van der Waals surface area (Å²) < 4.78 is 18.3. The molecule has 1 aromatic carbocycles. The highest BCUT2D eigenvalue weighted by atomic mass is 79.9. The second-order valence-corrected chi connectivity index (χ2v) is 3.90. The van der Waals surface area contributed by atoms with Crippen molar-refractivity contribution in [1.82, 2.24) is 5.32 Å². The molecule has 2 N–H and O–H groups in total. The van der Waals surface area contributed by atoms with Crippen LogP contribution in [-0.4, -0.2) is 31.6 Å². The summed E-state index contributed by atoms with van der Waals surface area (Å²) in [5, 5.41) is 12.1. The SMILES string of the molecule is CNCC(=O)c1c(Br)cc(F)c(O)c1OC. The van der Waals surface area contributed by atoms with Gasteiger partial charge in [0.2, 0.25) is 0 Å². The van der Waals surface area contributed by atoms with Crippen LogP contribution < -0.4 is 10.1 Å². The first-order valence-electron chi connectivity index (χ1n) is 4.45. The molecule has 0 spiro atoms. The summed E-state index contributed by atoms with van der Waals surface area (Å²) in [6.45, 7) is 0.0695. The zero-order valence-electron chi connectivity index (χ0n) is 8.80. The van der Waals surface area contributed by atoms with Gasteiger partial charge < -0.3 is 15.2 Å². The van der Waals surface area contributed by atoms with E-state index in [1.165, 1.54) is 7.11 Å². The van der Waals surface area contributed by atoms with Gasteiger partial charge in [0.15, 0.2) is 23.1 Å². The van der Waals surface area contributed by atoms with Crippen LogP contribution in [0.4, 0.5) is 4.39 Å². The molecule has 4 nitrogen and oxygen atoms in total. The van der Waals surface area contributed by atoms with Crippen molar-refractivity contribution < 1.29 is 19.0 Å². The Bertz CT molecular complexity index is 423. The lowest BCUT2D eigenvalue weighted by molar-refractivity contribution is 0.0989. The first kappa shape index (κ1) is 12.9. The van der Waals surface area contributed by atoms with Crippen molar-refractivity contribution in [2.24, 2.45) is 0 Å². The van der Waals surface area contributed by atoms with Crippen LogP contribution >= 0.6 is 15.9 Å². The quantitative estimate of drug-likeness (QED) is 0.829. The predicted molar refractivity (Wildman–Crippen MR) is 60.6 cm³/mol. The smallest absolute Gasteiger partial charge is 0.195 e. The molecule has 0 heterocycles. The lowest BCUT2D eigenvalue weighted by atomic mass is 10.1. The second-order valence-electron chi connectivity index (χ2n) is 3.05. The molecule has 88 valence electrons. The van der Waals surface area contributed by atoms with E-state index in [2.05, 4.69) is 21.2 Å². The molecule has 0 saturated heterocycles. The maximum atomic E-state index is 13.2. The van der Waals surface area contributed by atoms with Crippen LogP contribution in [0.2, 0.25) is 0 Å². The van der Waals surface area contributed by atoms with Gasteiger partial charge in [0.25, 0.3) is 0 Å². The number of methoxy groups -OCH3 is 1. The van der Waals surface area contributed by atoms with E-state index in [1.807, 2.05) is 0 Å². The highest BCUT2D eigenvalue weighted by molar-refractivity contribution is 9.10. The highest BCUT2D eigenvalue weighted by Gasteiger charge is 2.22. The Kier molecular flexibility index (Phi) is 4.26. The van der Waals surface area contributed by atoms with Crippen molar-refractivity contribution in [3.8, 4) is 11.5 Å². The van der Waals surface area contributed by atoms with Crippen molar-refractivity contribution in [2.75, 3.05) is 20.7 Å². The summed E-state index contributed by atoms with van der Waals surface area (Å²) in [5.41, 5.74) is 0.121. The number of benzene rings is 1. The third kappa shape index (κ3) is 2.33. The molecule has 16 heavy (non-hydrogen) atoms. The Labute approximate surface area is 101 Å². The molecule has 0 radical (unpaired) electrons. The Morgan fingerprint density at radius 2 is 2.31 bits per heavy atom. The molecule has 6 heteroatoms. The molecular formula is C10H11BrFNO3. The summed E-state index contributed by atoms with van der Waals surface area (Å²) in [7, 11) is 2.87. The maximum Gasteiger partial charge on any atom is 0.195 e. The summed E-state index contributed by atoms with van der Waals surface area (Å²) in [6.07, 6.45) is 0. The van der Waals surface area contributed by atoms with Crippen molar-refractivity contribution in [1.29, 1.82) is 0 Å². The van der Waals surface area contributed by atoms with Gasteiger partial charge in [0.05, 0.1) is 19.2 Å². The van der Waals surface area contributed by atoms with Gasteiger partial charge >= 0.3 is 0 Å². The average Bonchev–Trinajstić information content (AvgIpc) is 2.23. The summed E-state index contributed by atoms with van der Waals surface area (Å²) in [6, 6.07) is 1.03. The van der Waals surface area contributed by atoms with Crippen LogP contribution in [0.5, 0.6) is 11.5 Å². The number of phenols is 1. The standard InChI is InChI=1S/C10H11BrFNO3/c1-13-4-7(14)8-5(11)3-6(12)9(15)10(8)16-2/h3,13,15H,4H2,1-2H3. The van der Waals surface area contributed by atoms with Gasteiger partial charge in [0, 0.05) is 4.47 Å². The van der Waals surface area contributed by atoms with E-state index in [1.54, 1.807) is 7.05 Å². The number of likely N-dealkylation sites (N-methyl/N-ethyl adjacent to an activating group) is 1. The second kappa shape index (κ2) is 5.27. The van der Waals surface area contributed by atoms with Crippen molar-refractivity contribution in [3.63, 3.8) is 0 Å². The fraction of sp³-hybridized carbons (Fsp3) is 0.300. The van der Waals surface area contributed by atoms with Gasteiger partial charge in [-0.2, -0.15) is 0 Å². The number of hydrogen-bond acceptors (Lipinski definition) is 4. The maximum absolute atomic E-state index is 13.2. The summed E-state index contributed by atoms with van der Waals surface area (Å²) >= 11 is 3.06. The molecule has 0 aromatic heterocycles. The van der Waals surface area contributed by atoms with Crippen LogP contribution in [0.15, 0.2) is 10.5 Å². The van der Waals surface area contributed by atoms with E-state index in [0.717, 1.165) is 6.07 Å². The number of carbonyl (C=O) groups excluding carboxylic acids is 1. The van der Waals surface area contributed by atoms with Crippen LogP contribution in [0.1, 0.15) is 10.4 Å². The third-order valence-corrected chi connectivity index (χ3v) is 2.61. The topological polar surface area (TPSA) is 58.6 Å². The van der Waals surface area contributed by atoms with E-state index in [-0.39, 0.29) is 28.1 Å². The molecule has 0 aliphatic heterocycles. The Morgan fingerprint density at radius 3 is 2.81 bits per heavy atom. The first-order chi connectivity index (χ1) is 7.52. The van der Waals surface area contributed by atoms with Crippen molar-refractivity contribution in [2.45, 2.75) is 0 Å². The van der Waals surface area contributed by atoms with E-state index in [4.69, 9.17) is 4.74 Å². The highest BCUT2D eigenvalue weighted by Crippen LogP contribution is 2.37. The van der Waals surface area contributed by atoms with E-state index in [0.29, 0.717) is 0 Å². The molecule has 0 unspecified atom stereocenters. The molecule has 0 aliphatic rings. The minimum Gasteiger partial charge on any atom is -0.502 e. The molecule has 0 amide bonds. The lowest BCUT2D eigenvalue weighted by Gasteiger charge is -2.11. The van der Waals surface area contributed by atoms with Crippen LogP contribution in [0, 0.1) is 5.82 Å². The third-order valence-electron chi connectivity index (χ3n) is 1.98. The monoisotopic (exact) mass is 291 g/mol. The number of aromatic hydroxyl groups is 1. The number of nitrogens with one attached hydrogen (secondary N) is 1. The molecule has 0 saturated carbocycles. The number of halogens is 2. The minimum absolute atomic E-state index is 0.0695. The fourth-order valence-corrected chi connectivity index (χ4v) is 1.90. The lowest BCUT2D eigenvalue weighted by Crippen LogP contribution is -2.19. The largest absolute Gasteiger partial charge is 0.502 e. The van der Waals surface area contributed by atoms with Gasteiger partial charge in [-0.05, 0) is 29.0 Å². The molecule has 1 rings (SSSR count). The number of hydrogen-bond donors (Lipinski definition) is 2. The van der Waals surface area contributed by atoms with Crippen molar-refractivity contribution in [3.05, 3.63) is 21.9 Å². The molecule has 1 aromatic rings. The van der Waals surface area contributed by atoms with Gasteiger partial charge in [0.1, 0.15) is 0 Å². The average molecular weight is 292 g/mol. The molecule has 0 bridgehead atoms. The minimum atomic E-state index is -0.843. The Morgan fingerprint density at radius 1 is 1.69 bits per heavy atom. The molecule has 0 atom stereocenters. The number of Topliss-reactive ketones (excluding diaryl/α,β-unsaturated/α-hetero) is 1. The number of carbonyl (C=O) groups is 1. The molecule has 0 fully saturated rings. The van der Waals surface area contributed by atoms with Crippen LogP contribution in [0.25, 0.3) is 0 Å². The van der Waals surface area contributed by atoms with Crippen LogP contribution in [-0.2, 0) is 0 Å². The predicted octanol–water partition coefficient (Wildman–Crippen LogP) is 1.70. The van der Waals surface area contributed by atoms with E-state index in [9.17, 15) is 14.3 Å². The number of ketones is 1. The van der Waals surface area contributed by atoms with Gasteiger partial charge in [-0.3, -0.25) is 4.79 Å². The fourth-order valence-electron chi connectivity index (χ4n) is 1.29. The van der Waals surface area contributed by atoms with Gasteiger partial charge in [-0.25, -0.2) is 4.39 Å². The molecular weight excluding hydrogens is 281 g/mol.